The highest BCUT2D eigenvalue weighted by Gasteiger charge is 2.32. The molecule has 0 radical (unpaired) electrons. The highest BCUT2D eigenvalue weighted by Crippen LogP contribution is 2.41. The van der Waals surface area contributed by atoms with E-state index >= 15 is 0 Å². The Kier molecular flexibility index (Phi) is 9.85. The molecule has 3 fully saturated rings. The molecule has 13 heteroatoms. The molecule has 11 nitrogen and oxygen atoms in total. The Hall–Kier alpha value is -4.33. The topological polar surface area (TPSA) is 98.3 Å². The molecule has 2 N–H and O–H groups in total. The van der Waals surface area contributed by atoms with Crippen LogP contribution in [0.5, 0.6) is 5.75 Å². The summed E-state index contributed by atoms with van der Waals surface area (Å²) in [6, 6.07) is 9.51. The van der Waals surface area contributed by atoms with Crippen LogP contribution in [0.2, 0.25) is 0 Å². The third kappa shape index (κ3) is 7.32. The van der Waals surface area contributed by atoms with E-state index in [-0.39, 0.29) is 5.91 Å². The van der Waals surface area contributed by atoms with Crippen LogP contribution in [0.4, 0.5) is 37.5 Å². The average Bonchev–Trinajstić information content (AvgIpc) is 3.55. The number of hydrogen-bond donors (Lipinski definition) is 2. The van der Waals surface area contributed by atoms with Crippen LogP contribution >= 0.6 is 0 Å². The lowest BCUT2D eigenvalue weighted by Gasteiger charge is -2.46. The number of likely N-dealkylation sites (N-methyl/N-ethyl adjacent to an activating group) is 1. The molecule has 2 atom stereocenters. The number of anilines is 5. The maximum atomic E-state index is 14.0. The lowest BCUT2D eigenvalue weighted by Crippen LogP contribution is -2.56. The molecule has 2 aromatic carbocycles. The first-order chi connectivity index (χ1) is 22.7. The summed E-state index contributed by atoms with van der Waals surface area (Å²) in [5, 5.41) is 7.82. The average molecular weight is 649 g/mol. The fourth-order valence-corrected chi connectivity index (χ4v) is 6.96. The highest BCUT2D eigenvalue weighted by atomic mass is 19.1. The van der Waals surface area contributed by atoms with Gasteiger partial charge in [-0.25, -0.2) is 23.8 Å². The van der Waals surface area contributed by atoms with Gasteiger partial charge in [-0.1, -0.05) is 6.58 Å². The number of piperidine rings is 1. The lowest BCUT2D eigenvalue weighted by molar-refractivity contribution is -0.111. The van der Waals surface area contributed by atoms with E-state index in [9.17, 15) is 13.6 Å². The maximum Gasteiger partial charge on any atom is 0.247 e. The Balaban J connectivity index is 1.23. The van der Waals surface area contributed by atoms with Crippen LogP contribution in [0.3, 0.4) is 0 Å². The molecule has 0 saturated carbocycles. The number of hydroxylamine groups is 1. The summed E-state index contributed by atoms with van der Waals surface area (Å²) in [6.45, 7) is 11.2. The summed E-state index contributed by atoms with van der Waals surface area (Å²) < 4.78 is 33.8. The lowest BCUT2D eigenvalue weighted by atomic mass is 9.99. The van der Waals surface area contributed by atoms with Crippen LogP contribution in [-0.4, -0.2) is 91.2 Å². The molecule has 3 aliphatic heterocycles. The second-order valence-electron chi connectivity index (χ2n) is 12.4. The molecule has 3 aliphatic rings. The van der Waals surface area contributed by atoms with Crippen molar-refractivity contribution < 1.29 is 23.1 Å². The Bertz CT molecular complexity index is 1580. The molecular formula is C34H42F2N8O3. The minimum absolute atomic E-state index is 0.321. The fourth-order valence-electron chi connectivity index (χ4n) is 6.96. The molecule has 0 unspecified atom stereocenters. The zero-order valence-electron chi connectivity index (χ0n) is 27.1. The first kappa shape index (κ1) is 32.6. The quantitative estimate of drug-likeness (QED) is 0.305. The van der Waals surface area contributed by atoms with Gasteiger partial charge in [-0.2, -0.15) is 0 Å². The maximum absolute atomic E-state index is 14.0. The van der Waals surface area contributed by atoms with Gasteiger partial charge in [-0.3, -0.25) is 14.5 Å². The van der Waals surface area contributed by atoms with E-state index in [4.69, 9.17) is 9.57 Å². The number of rotatable bonds is 9. The van der Waals surface area contributed by atoms with Gasteiger partial charge in [-0.15, -0.1) is 0 Å². The smallest absolute Gasteiger partial charge is 0.247 e. The standard InChI is InChI=1S/C34H42F2N8O3/c1-5-34(45)40-27-17-28(31(46-4)18-30(27)42-9-6-26(7-10-42)43-12-11-41(3)20-22(43)2)39-32-19-33(38-21-37-32)44-29(8-13-47-44)23-14-24(35)16-25(36)15-23/h5,14-19,21-22,26,29H,1,6-13,20H2,2-4H3,(H,40,45)(H,37,38,39)/t22-,29-/m1/s1. The van der Waals surface area contributed by atoms with Crippen molar-refractivity contribution in [1.29, 1.82) is 0 Å². The number of nitrogens with zero attached hydrogens (tertiary/aromatic N) is 6. The van der Waals surface area contributed by atoms with Crippen molar-refractivity contribution in [2.45, 2.75) is 44.3 Å². The Morgan fingerprint density at radius 1 is 1.02 bits per heavy atom. The number of halogens is 2. The number of nitrogens with one attached hydrogen (secondary N) is 2. The van der Waals surface area contributed by atoms with Crippen molar-refractivity contribution in [3.8, 4) is 5.75 Å². The van der Waals surface area contributed by atoms with E-state index in [1.54, 1.807) is 18.2 Å². The van der Waals surface area contributed by atoms with Gasteiger partial charge in [-0.05, 0) is 56.7 Å². The largest absolute Gasteiger partial charge is 0.494 e. The number of hydrogen-bond acceptors (Lipinski definition) is 10. The molecular weight excluding hydrogens is 606 g/mol. The van der Waals surface area contributed by atoms with Gasteiger partial charge in [0.25, 0.3) is 0 Å². The summed E-state index contributed by atoms with van der Waals surface area (Å²) in [6.07, 6.45) is 5.21. The van der Waals surface area contributed by atoms with Crippen molar-refractivity contribution in [2.24, 2.45) is 0 Å². The first-order valence-corrected chi connectivity index (χ1v) is 16.0. The summed E-state index contributed by atoms with van der Waals surface area (Å²) in [4.78, 5) is 34.5. The second kappa shape index (κ2) is 14.2. The zero-order chi connectivity index (χ0) is 33.1. The SMILES string of the molecule is C=CC(=O)Nc1cc(Nc2cc(N3OCC[C@@H]3c3cc(F)cc(F)c3)ncn2)c(OC)cc1N1CCC(N2CCN(C)C[C@H]2C)CC1. The predicted molar refractivity (Wildman–Crippen MR) is 178 cm³/mol. The minimum atomic E-state index is -0.652. The van der Waals surface area contributed by atoms with Crippen LogP contribution in [0.1, 0.15) is 37.8 Å². The number of carbonyl (C=O) groups is 1. The van der Waals surface area contributed by atoms with E-state index in [2.05, 4.69) is 55.9 Å². The van der Waals surface area contributed by atoms with Crippen LogP contribution in [-0.2, 0) is 9.63 Å². The third-order valence-corrected chi connectivity index (χ3v) is 9.23. The molecule has 3 saturated heterocycles. The number of ether oxygens (including phenoxy) is 1. The molecule has 0 aliphatic carbocycles. The van der Waals surface area contributed by atoms with Crippen LogP contribution < -0.4 is 25.3 Å². The number of amides is 1. The van der Waals surface area contributed by atoms with Gasteiger partial charge >= 0.3 is 0 Å². The molecule has 0 bridgehead atoms. The number of aromatic nitrogens is 2. The molecule has 4 heterocycles. The normalized spacial score (nSPS) is 21.1. The van der Waals surface area contributed by atoms with Crippen LogP contribution in [0, 0.1) is 11.6 Å². The second-order valence-corrected chi connectivity index (χ2v) is 12.4. The molecule has 1 aromatic heterocycles. The Morgan fingerprint density at radius 2 is 1.79 bits per heavy atom. The van der Waals surface area contributed by atoms with Gasteiger partial charge in [0.15, 0.2) is 5.82 Å². The van der Waals surface area contributed by atoms with Crippen molar-refractivity contribution in [3.05, 3.63) is 72.6 Å². The van der Waals surface area contributed by atoms with E-state index in [0.29, 0.717) is 59.4 Å². The molecule has 6 rings (SSSR count). The number of piperazine rings is 1. The third-order valence-electron chi connectivity index (χ3n) is 9.23. The monoisotopic (exact) mass is 648 g/mol. The van der Waals surface area contributed by atoms with E-state index in [1.165, 1.54) is 24.5 Å². The van der Waals surface area contributed by atoms with Gasteiger partial charge in [0.1, 0.15) is 29.5 Å². The predicted octanol–water partition coefficient (Wildman–Crippen LogP) is 5.12. The van der Waals surface area contributed by atoms with Gasteiger partial charge in [0.05, 0.1) is 36.8 Å². The molecule has 0 spiro atoms. The van der Waals surface area contributed by atoms with Gasteiger partial charge < -0.3 is 25.2 Å². The molecule has 1 amide bonds. The number of carbonyl (C=O) groups excluding carboxylic acids is 1. The highest BCUT2D eigenvalue weighted by molar-refractivity contribution is 6.02. The Morgan fingerprint density at radius 3 is 2.49 bits per heavy atom. The van der Waals surface area contributed by atoms with E-state index < -0.39 is 17.7 Å². The van der Waals surface area contributed by atoms with Gasteiger partial charge in [0, 0.05) is 69.4 Å². The summed E-state index contributed by atoms with van der Waals surface area (Å²) in [7, 11) is 3.78. The fraction of sp³-hybridized carbons (Fsp3) is 0.441. The van der Waals surface area contributed by atoms with E-state index in [0.717, 1.165) is 57.3 Å². The van der Waals surface area contributed by atoms with Crippen molar-refractivity contribution >= 4 is 34.6 Å². The summed E-state index contributed by atoms with van der Waals surface area (Å²) in [5.41, 5.74) is 2.52. The van der Waals surface area contributed by atoms with Crippen molar-refractivity contribution in [1.82, 2.24) is 19.8 Å². The summed E-state index contributed by atoms with van der Waals surface area (Å²) in [5.74, 6) is -0.204. The van der Waals surface area contributed by atoms with Crippen molar-refractivity contribution in [2.75, 3.05) is 74.1 Å². The van der Waals surface area contributed by atoms with Crippen LogP contribution in [0.25, 0.3) is 0 Å². The zero-order valence-corrected chi connectivity index (χ0v) is 27.1. The van der Waals surface area contributed by atoms with Crippen molar-refractivity contribution in [3.63, 3.8) is 0 Å². The Labute approximate surface area is 274 Å². The van der Waals surface area contributed by atoms with Crippen LogP contribution in [0.15, 0.2) is 55.4 Å². The number of benzene rings is 2. The van der Waals surface area contributed by atoms with Gasteiger partial charge in [0.2, 0.25) is 5.91 Å². The molecule has 3 aromatic rings. The molecule has 47 heavy (non-hydrogen) atoms. The van der Waals surface area contributed by atoms with E-state index in [1.807, 2.05) is 12.1 Å². The first-order valence-electron chi connectivity index (χ1n) is 16.0. The minimum Gasteiger partial charge on any atom is -0.494 e. The number of methoxy groups -OCH3 is 1. The molecule has 250 valence electrons. The summed E-state index contributed by atoms with van der Waals surface area (Å²) >= 11 is 0.